The molecule has 10 nitrogen and oxygen atoms in total. The largest absolute Gasteiger partial charge is 0.872 e. The Morgan fingerprint density at radius 2 is 1.94 bits per heavy atom. The predicted molar refractivity (Wildman–Crippen MR) is 128 cm³/mol. The molecule has 2 aliphatic heterocycles. The van der Waals surface area contributed by atoms with Crippen LogP contribution in [0.1, 0.15) is 52.3 Å². The summed E-state index contributed by atoms with van der Waals surface area (Å²) in [6, 6.07) is 2.61. The van der Waals surface area contributed by atoms with Crippen LogP contribution in [-0.4, -0.2) is 78.5 Å². The highest BCUT2D eigenvalue weighted by atomic mass is 16.5. The van der Waals surface area contributed by atoms with E-state index in [0.29, 0.717) is 43.0 Å². The lowest BCUT2D eigenvalue weighted by Gasteiger charge is -2.29. The molecule has 36 heavy (non-hydrogen) atoms. The summed E-state index contributed by atoms with van der Waals surface area (Å²) in [6.07, 6.45) is 3.84. The molecule has 10 heteroatoms. The predicted octanol–water partition coefficient (Wildman–Crippen LogP) is -0.268. The number of hydrogen-bond acceptors (Lipinski definition) is 7. The van der Waals surface area contributed by atoms with E-state index < -0.39 is 29.5 Å². The maximum absolute atomic E-state index is 13.8. The normalized spacial score (nSPS) is 20.2. The number of aromatic nitrogens is 2. The summed E-state index contributed by atoms with van der Waals surface area (Å²) >= 11 is 0. The van der Waals surface area contributed by atoms with Crippen molar-refractivity contribution in [2.75, 3.05) is 46.0 Å². The number of ether oxygens (including phenoxy) is 2. The number of Topliss-reactive ketones (excluding diaryl/α,β-unsaturated/α-hetero) is 1. The van der Waals surface area contributed by atoms with Crippen molar-refractivity contribution in [1.29, 1.82) is 0 Å². The van der Waals surface area contributed by atoms with Gasteiger partial charge in [-0.1, -0.05) is 5.76 Å². The number of nitrogens with zero attached hydrogens (tertiary/aromatic N) is 2. The monoisotopic (exact) mass is 496 g/mol. The molecule has 0 aliphatic carbocycles. The number of nitrogens with one attached hydrogen (secondary N) is 2. The van der Waals surface area contributed by atoms with E-state index in [0.717, 1.165) is 19.6 Å². The summed E-state index contributed by atoms with van der Waals surface area (Å²) in [5.74, 6) is -2.63. The zero-order valence-electron chi connectivity index (χ0n) is 20.9. The van der Waals surface area contributed by atoms with E-state index in [2.05, 4.69) is 9.97 Å². The van der Waals surface area contributed by atoms with Gasteiger partial charge in [-0.25, -0.2) is 4.79 Å². The number of H-pyrrole nitrogens is 1. The number of hydrogen-bond donors (Lipinski definition) is 2. The maximum Gasteiger partial charge on any atom is 0.355 e. The molecule has 1 atom stereocenters. The van der Waals surface area contributed by atoms with Crippen molar-refractivity contribution < 1.29 is 33.9 Å². The molecule has 2 saturated heterocycles. The number of carbonyl (C=O) groups excluding carboxylic acids is 3. The Morgan fingerprint density at radius 3 is 2.61 bits per heavy atom. The van der Waals surface area contributed by atoms with E-state index in [1.165, 1.54) is 9.80 Å². The molecule has 2 aliphatic rings. The van der Waals surface area contributed by atoms with Crippen molar-refractivity contribution in [3.05, 3.63) is 58.2 Å². The Labute approximate surface area is 209 Å². The first-order chi connectivity index (χ1) is 17.3. The molecule has 0 spiro atoms. The van der Waals surface area contributed by atoms with E-state index in [1.807, 2.05) is 0 Å². The fraction of sp³-hybridized carbons (Fsp3) is 0.462. The van der Waals surface area contributed by atoms with Crippen molar-refractivity contribution in [3.8, 4) is 0 Å². The maximum atomic E-state index is 13.8. The Morgan fingerprint density at radius 1 is 1.25 bits per heavy atom. The van der Waals surface area contributed by atoms with Crippen molar-refractivity contribution in [1.82, 2.24) is 14.9 Å². The van der Waals surface area contributed by atoms with Gasteiger partial charge in [0.15, 0.2) is 0 Å². The number of ketones is 1. The van der Waals surface area contributed by atoms with Gasteiger partial charge in [-0.3, -0.25) is 14.6 Å². The molecule has 1 amide bonds. The third-order valence-electron chi connectivity index (χ3n) is 6.82. The van der Waals surface area contributed by atoms with Crippen LogP contribution in [0, 0.1) is 13.8 Å². The number of carbonyl (C=O) groups is 3. The minimum atomic E-state index is -0.820. The van der Waals surface area contributed by atoms with Gasteiger partial charge >= 0.3 is 5.97 Å². The van der Waals surface area contributed by atoms with Gasteiger partial charge in [-0.05, 0) is 49.6 Å². The lowest BCUT2D eigenvalue weighted by molar-refractivity contribution is -0.908. The molecule has 2 aromatic rings. The summed E-state index contributed by atoms with van der Waals surface area (Å²) < 4.78 is 10.5. The minimum Gasteiger partial charge on any atom is -0.872 e. The van der Waals surface area contributed by atoms with Crippen LogP contribution in [0.3, 0.4) is 0 Å². The van der Waals surface area contributed by atoms with Crippen molar-refractivity contribution in [3.63, 3.8) is 0 Å². The Bertz CT molecular complexity index is 1170. The lowest BCUT2D eigenvalue weighted by Crippen LogP contribution is -3.14. The quantitative estimate of drug-likeness (QED) is 0.223. The van der Waals surface area contributed by atoms with Crippen LogP contribution in [0.5, 0.6) is 0 Å². The van der Waals surface area contributed by atoms with Crippen LogP contribution in [0.15, 0.2) is 30.1 Å². The van der Waals surface area contributed by atoms with Crippen molar-refractivity contribution >= 4 is 23.4 Å². The van der Waals surface area contributed by atoms with E-state index in [1.54, 1.807) is 45.3 Å². The third-order valence-corrected chi connectivity index (χ3v) is 6.82. The molecule has 2 N–H and O–H groups in total. The summed E-state index contributed by atoms with van der Waals surface area (Å²) in [5, 5.41) is 13.8. The molecule has 0 saturated carbocycles. The van der Waals surface area contributed by atoms with Crippen LogP contribution in [0.25, 0.3) is 5.76 Å². The minimum absolute atomic E-state index is 0.106. The topological polar surface area (TPSA) is 129 Å². The highest BCUT2D eigenvalue weighted by Crippen LogP contribution is 2.39. The smallest absolute Gasteiger partial charge is 0.355 e. The first kappa shape index (κ1) is 25.6. The number of likely N-dealkylation sites (tertiary alicyclic amines) is 1. The van der Waals surface area contributed by atoms with Gasteiger partial charge in [0.2, 0.25) is 5.78 Å². The molecule has 192 valence electrons. The first-order valence-electron chi connectivity index (χ1n) is 12.3. The summed E-state index contributed by atoms with van der Waals surface area (Å²) in [6.45, 7) is 9.61. The molecule has 4 heterocycles. The number of amides is 1. The van der Waals surface area contributed by atoms with Crippen LogP contribution in [-0.2, 0) is 19.1 Å². The Hall–Kier alpha value is -3.50. The van der Waals surface area contributed by atoms with Crippen molar-refractivity contribution in [2.45, 2.75) is 33.2 Å². The number of pyridine rings is 1. The van der Waals surface area contributed by atoms with Gasteiger partial charge in [0.25, 0.3) is 5.91 Å². The van der Waals surface area contributed by atoms with E-state index in [9.17, 15) is 19.5 Å². The molecule has 0 aromatic carbocycles. The summed E-state index contributed by atoms with van der Waals surface area (Å²) in [4.78, 5) is 48.6. The van der Waals surface area contributed by atoms with E-state index in [-0.39, 0.29) is 23.4 Å². The molecule has 4 rings (SSSR count). The van der Waals surface area contributed by atoms with E-state index >= 15 is 0 Å². The van der Waals surface area contributed by atoms with Gasteiger partial charge in [0.1, 0.15) is 18.8 Å². The van der Waals surface area contributed by atoms with Crippen molar-refractivity contribution in [2.24, 2.45) is 0 Å². The standard InChI is InChI=1S/C26H32N4O6/c1-4-36-26(34)21-16(2)19(17(3)28-21)23(31)20-22(18-6-8-27-9-7-18)30(25(33)24(20)32)11-5-10-29-12-14-35-15-13-29/h6-9,22,28,31H,4-5,10-15H2,1-3H3/b23-20+. The second-order valence-electron chi connectivity index (χ2n) is 9.06. The number of aryl methyl sites for hydroxylation is 1. The number of rotatable bonds is 8. The number of quaternary nitrogens is 1. The zero-order chi connectivity index (χ0) is 25.8. The number of aromatic amines is 1. The molecule has 2 aromatic heterocycles. The van der Waals surface area contributed by atoms with Gasteiger partial charge in [0.05, 0.1) is 32.4 Å². The highest BCUT2D eigenvalue weighted by molar-refractivity contribution is 6.46. The fourth-order valence-corrected chi connectivity index (χ4v) is 5.04. The SMILES string of the molecule is CCOC(=O)c1[nH]c(C)c(/C([O-])=C2\C(=O)C(=O)N(CCC[NH+]3CCOCC3)C2c2ccncc2)c1C. The van der Waals surface area contributed by atoms with E-state index in [4.69, 9.17) is 9.47 Å². The molecule has 1 unspecified atom stereocenters. The molecule has 0 bridgehead atoms. The third kappa shape index (κ3) is 4.91. The highest BCUT2D eigenvalue weighted by Gasteiger charge is 2.44. The number of morpholine rings is 1. The molecule has 2 fully saturated rings. The Balaban J connectivity index is 1.71. The van der Waals surface area contributed by atoms with Gasteiger partial charge in [0, 0.05) is 36.6 Å². The van der Waals surface area contributed by atoms with Gasteiger partial charge in [-0.2, -0.15) is 0 Å². The lowest BCUT2D eigenvalue weighted by atomic mass is 9.94. The zero-order valence-corrected chi connectivity index (χ0v) is 20.9. The molecular formula is C26H32N4O6. The van der Waals surface area contributed by atoms with Crippen LogP contribution >= 0.6 is 0 Å². The summed E-state index contributed by atoms with van der Waals surface area (Å²) in [7, 11) is 0. The molecular weight excluding hydrogens is 464 g/mol. The average molecular weight is 497 g/mol. The Kier molecular flexibility index (Phi) is 7.85. The number of esters is 1. The van der Waals surface area contributed by atoms with Crippen LogP contribution < -0.4 is 10.0 Å². The average Bonchev–Trinajstić information content (AvgIpc) is 3.32. The van der Waals surface area contributed by atoms with Gasteiger partial charge < -0.3 is 29.4 Å². The first-order valence-corrected chi connectivity index (χ1v) is 12.3. The second-order valence-corrected chi connectivity index (χ2v) is 9.06. The van der Waals surface area contributed by atoms with Gasteiger partial charge in [-0.15, -0.1) is 0 Å². The van der Waals surface area contributed by atoms with Crippen LogP contribution in [0.2, 0.25) is 0 Å². The van der Waals surface area contributed by atoms with Crippen LogP contribution in [0.4, 0.5) is 0 Å². The fourth-order valence-electron chi connectivity index (χ4n) is 5.04. The second kappa shape index (κ2) is 11.0. The summed E-state index contributed by atoms with van der Waals surface area (Å²) in [5.41, 5.74) is 1.75. The molecule has 0 radical (unpaired) electrons.